The smallest absolute Gasteiger partial charge is 0.282 e. The Hall–Kier alpha value is 0.0569. The van der Waals surface area contributed by atoms with Crippen LogP contribution < -0.4 is 0 Å². The first-order chi connectivity index (χ1) is 6.24. The third kappa shape index (κ3) is 4.73. The molecule has 0 aromatic rings. The van der Waals surface area contributed by atoms with Crippen LogP contribution in [0.25, 0.3) is 0 Å². The van der Waals surface area contributed by atoms with E-state index >= 15 is 0 Å². The van der Waals surface area contributed by atoms with E-state index in [1.165, 1.54) is 0 Å². The molecule has 0 aliphatic carbocycles. The molecule has 0 bridgehead atoms. The lowest BCUT2D eigenvalue weighted by Gasteiger charge is -2.28. The summed E-state index contributed by atoms with van der Waals surface area (Å²) in [6.45, 7) is 0.819. The molecular formula is C8H20O4Si. The van der Waals surface area contributed by atoms with E-state index in [9.17, 15) is 0 Å². The minimum Gasteiger partial charge on any atom is -0.428 e. The zero-order valence-corrected chi connectivity index (χ0v) is 11.0. The van der Waals surface area contributed by atoms with Crippen LogP contribution in [0.3, 0.4) is 0 Å². The van der Waals surface area contributed by atoms with Gasteiger partial charge < -0.3 is 18.6 Å². The first kappa shape index (κ1) is 13.1. The minimum atomic E-state index is -0.870. The lowest BCUT2D eigenvalue weighted by atomic mass is 10.2. The van der Waals surface area contributed by atoms with Crippen LogP contribution in [0.1, 0.15) is 19.3 Å². The maximum Gasteiger partial charge on any atom is 0.282 e. The fraction of sp³-hybridized carbons (Fsp3) is 1.00. The molecule has 0 fully saturated rings. The summed E-state index contributed by atoms with van der Waals surface area (Å²) in [6.07, 6.45) is 2.71. The van der Waals surface area contributed by atoms with Crippen LogP contribution in [0, 0.1) is 0 Å². The van der Waals surface area contributed by atoms with E-state index < -0.39 is 5.97 Å². The highest BCUT2D eigenvalue weighted by Crippen LogP contribution is 2.19. The van der Waals surface area contributed by atoms with E-state index in [4.69, 9.17) is 18.6 Å². The van der Waals surface area contributed by atoms with Gasteiger partial charge in [0, 0.05) is 34.4 Å². The van der Waals surface area contributed by atoms with Gasteiger partial charge in [-0.2, -0.15) is 0 Å². The molecule has 0 heterocycles. The summed E-state index contributed by atoms with van der Waals surface area (Å²) >= 11 is 0. The second-order valence-electron chi connectivity index (χ2n) is 2.75. The number of ether oxygens (including phenoxy) is 3. The summed E-state index contributed by atoms with van der Waals surface area (Å²) in [5.41, 5.74) is 0. The van der Waals surface area contributed by atoms with Crippen molar-refractivity contribution < 1.29 is 18.6 Å². The molecule has 0 atom stereocenters. The SMILES string of the molecule is COC(CCCCO[SiH3])(OC)OC. The summed E-state index contributed by atoms with van der Waals surface area (Å²) in [7, 11) is 5.54. The molecule has 0 unspecified atom stereocenters. The van der Waals surface area contributed by atoms with Gasteiger partial charge in [0.05, 0.1) is 0 Å². The summed E-state index contributed by atoms with van der Waals surface area (Å²) in [5, 5.41) is 0. The Morgan fingerprint density at radius 3 is 1.92 bits per heavy atom. The van der Waals surface area contributed by atoms with Gasteiger partial charge in [0.2, 0.25) is 0 Å². The lowest BCUT2D eigenvalue weighted by Crippen LogP contribution is -2.35. The van der Waals surface area contributed by atoms with Crippen molar-refractivity contribution >= 4 is 10.5 Å². The Balaban J connectivity index is 3.68. The molecule has 0 amide bonds. The summed E-state index contributed by atoms with van der Waals surface area (Å²) < 4.78 is 20.5. The van der Waals surface area contributed by atoms with E-state index in [1.54, 1.807) is 21.3 Å². The molecular weight excluding hydrogens is 188 g/mol. The first-order valence-electron chi connectivity index (χ1n) is 4.39. The van der Waals surface area contributed by atoms with Crippen LogP contribution in [-0.2, 0) is 18.6 Å². The predicted molar refractivity (Wildman–Crippen MR) is 53.5 cm³/mol. The molecule has 0 aliphatic rings. The number of rotatable bonds is 8. The van der Waals surface area contributed by atoms with Crippen molar-refractivity contribution in [2.45, 2.75) is 25.2 Å². The average Bonchev–Trinajstić information content (AvgIpc) is 2.20. The van der Waals surface area contributed by atoms with Crippen LogP contribution in [0.15, 0.2) is 0 Å². The van der Waals surface area contributed by atoms with Crippen LogP contribution >= 0.6 is 0 Å². The zero-order chi connectivity index (χ0) is 10.2. The van der Waals surface area contributed by atoms with Crippen LogP contribution in [0.5, 0.6) is 0 Å². The molecule has 13 heavy (non-hydrogen) atoms. The highest BCUT2D eigenvalue weighted by Gasteiger charge is 2.28. The van der Waals surface area contributed by atoms with Gasteiger partial charge in [-0.1, -0.05) is 0 Å². The van der Waals surface area contributed by atoms with Crippen LogP contribution in [-0.4, -0.2) is 44.4 Å². The average molecular weight is 208 g/mol. The topological polar surface area (TPSA) is 36.9 Å². The quantitative estimate of drug-likeness (QED) is 0.321. The maximum absolute atomic E-state index is 5.14. The van der Waals surface area contributed by atoms with Crippen molar-refractivity contribution in [3.05, 3.63) is 0 Å². The molecule has 0 saturated carbocycles. The van der Waals surface area contributed by atoms with E-state index in [0.717, 1.165) is 36.4 Å². The first-order valence-corrected chi connectivity index (χ1v) is 5.20. The molecule has 0 aliphatic heterocycles. The maximum atomic E-state index is 5.14. The van der Waals surface area contributed by atoms with Gasteiger partial charge in [0.15, 0.2) is 0 Å². The van der Waals surface area contributed by atoms with Crippen molar-refractivity contribution in [2.24, 2.45) is 0 Å². The van der Waals surface area contributed by atoms with Crippen molar-refractivity contribution in [1.82, 2.24) is 0 Å². The monoisotopic (exact) mass is 208 g/mol. The Morgan fingerprint density at radius 2 is 1.54 bits per heavy atom. The van der Waals surface area contributed by atoms with E-state index in [1.807, 2.05) is 0 Å². The Labute approximate surface area is 83.0 Å². The molecule has 4 nitrogen and oxygen atoms in total. The molecule has 0 rings (SSSR count). The van der Waals surface area contributed by atoms with Gasteiger partial charge in [0.1, 0.15) is 10.5 Å². The molecule has 0 spiro atoms. The molecule has 0 aromatic heterocycles. The van der Waals surface area contributed by atoms with E-state index in [0.29, 0.717) is 0 Å². The number of unbranched alkanes of at least 4 members (excludes halogenated alkanes) is 1. The number of hydrogen-bond acceptors (Lipinski definition) is 4. The molecule has 5 heteroatoms. The Bertz CT molecular complexity index is 108. The van der Waals surface area contributed by atoms with Crippen molar-refractivity contribution in [1.29, 1.82) is 0 Å². The standard InChI is InChI=1S/C8H20O4Si/c1-9-8(10-2,11-3)6-4-5-7-12-13/h4-7H2,1-3,13H3. The Kier molecular flexibility index (Phi) is 7.49. The van der Waals surface area contributed by atoms with Gasteiger partial charge in [-0.15, -0.1) is 0 Å². The highest BCUT2D eigenvalue weighted by molar-refractivity contribution is 5.97. The summed E-state index contributed by atoms with van der Waals surface area (Å²) in [6, 6.07) is 0. The van der Waals surface area contributed by atoms with Crippen molar-refractivity contribution in [3.8, 4) is 0 Å². The second kappa shape index (κ2) is 7.46. The van der Waals surface area contributed by atoms with E-state index in [2.05, 4.69) is 0 Å². The third-order valence-electron chi connectivity index (χ3n) is 2.01. The van der Waals surface area contributed by atoms with Crippen LogP contribution in [0.4, 0.5) is 0 Å². The van der Waals surface area contributed by atoms with Crippen molar-refractivity contribution in [3.63, 3.8) is 0 Å². The van der Waals surface area contributed by atoms with Crippen LogP contribution in [0.2, 0.25) is 0 Å². The molecule has 80 valence electrons. The number of hydrogen-bond donors (Lipinski definition) is 0. The van der Waals surface area contributed by atoms with E-state index in [-0.39, 0.29) is 0 Å². The molecule has 0 N–H and O–H groups in total. The minimum absolute atomic E-state index is 0.724. The fourth-order valence-electron chi connectivity index (χ4n) is 1.14. The van der Waals surface area contributed by atoms with Gasteiger partial charge >= 0.3 is 0 Å². The second-order valence-corrected chi connectivity index (χ2v) is 3.32. The molecule has 0 saturated heterocycles. The zero-order valence-electron chi connectivity index (χ0n) is 8.96. The lowest BCUT2D eigenvalue weighted by molar-refractivity contribution is -0.355. The normalized spacial score (nSPS) is 12.2. The fourth-order valence-corrected chi connectivity index (χ4v) is 1.43. The highest BCUT2D eigenvalue weighted by atomic mass is 28.2. The van der Waals surface area contributed by atoms with Crippen molar-refractivity contribution in [2.75, 3.05) is 27.9 Å². The summed E-state index contributed by atoms with van der Waals surface area (Å²) in [5.74, 6) is -0.870. The predicted octanol–water partition coefficient (Wildman–Crippen LogP) is 0.0467. The third-order valence-corrected chi connectivity index (χ3v) is 2.42. The summed E-state index contributed by atoms with van der Waals surface area (Å²) in [4.78, 5) is 0. The van der Waals surface area contributed by atoms with Gasteiger partial charge in [-0.25, -0.2) is 0 Å². The molecule has 0 radical (unpaired) electrons. The van der Waals surface area contributed by atoms with Gasteiger partial charge in [-0.05, 0) is 12.8 Å². The number of methoxy groups -OCH3 is 3. The largest absolute Gasteiger partial charge is 0.428 e. The van der Waals surface area contributed by atoms with Gasteiger partial charge in [0.25, 0.3) is 5.97 Å². The molecule has 0 aromatic carbocycles. The van der Waals surface area contributed by atoms with Gasteiger partial charge in [-0.3, -0.25) is 0 Å². The Morgan fingerprint density at radius 1 is 1.00 bits per heavy atom.